The van der Waals surface area contributed by atoms with Crippen molar-refractivity contribution in [1.29, 1.82) is 0 Å². The normalized spacial score (nSPS) is 16.2. The van der Waals surface area contributed by atoms with Gasteiger partial charge < -0.3 is 14.5 Å². The summed E-state index contributed by atoms with van der Waals surface area (Å²) in [5.41, 5.74) is 2.31. The van der Waals surface area contributed by atoms with Crippen molar-refractivity contribution in [2.24, 2.45) is 0 Å². The van der Waals surface area contributed by atoms with Crippen LogP contribution in [0.3, 0.4) is 0 Å². The molecule has 0 bridgehead atoms. The van der Waals surface area contributed by atoms with Crippen LogP contribution < -0.4 is 15.3 Å². The molecule has 0 spiro atoms. The van der Waals surface area contributed by atoms with Crippen LogP contribution in [0.2, 0.25) is 5.02 Å². The summed E-state index contributed by atoms with van der Waals surface area (Å²) in [5, 5.41) is 0.112. The lowest BCUT2D eigenvalue weighted by Gasteiger charge is -2.40. The minimum Gasteiger partial charge on any atom is -0.488 e. The molecule has 0 aliphatic carbocycles. The SMILES string of the molecule is C=CC(=O)N1CCN(c2nc(=O)n(-c3c(C)ccnc3C(C)C)c3c4c(c(F)cc23)-c2c(ccc(F)c2Cl)OC4)[C@@H](C)C1. The highest BCUT2D eigenvalue weighted by molar-refractivity contribution is 6.34. The average molecular weight is 606 g/mol. The number of fused-ring (bicyclic) bond motifs is 5. The molecular formula is C32H30ClF2N5O3. The number of hydrogen-bond acceptors (Lipinski definition) is 6. The lowest BCUT2D eigenvalue weighted by molar-refractivity contribution is -0.126. The number of amides is 1. The minimum atomic E-state index is -0.713. The van der Waals surface area contributed by atoms with Crippen LogP contribution in [0.4, 0.5) is 14.6 Å². The van der Waals surface area contributed by atoms with Crippen molar-refractivity contribution in [3.63, 3.8) is 0 Å². The first-order chi connectivity index (χ1) is 20.5. The van der Waals surface area contributed by atoms with E-state index in [1.54, 1.807) is 17.2 Å². The number of ether oxygens (including phenoxy) is 1. The summed E-state index contributed by atoms with van der Waals surface area (Å²) in [6.07, 6.45) is 2.96. The number of hydrogen-bond donors (Lipinski definition) is 0. The molecule has 222 valence electrons. The first kappa shape index (κ1) is 28.8. The van der Waals surface area contributed by atoms with Crippen molar-refractivity contribution >= 4 is 34.2 Å². The molecule has 43 heavy (non-hydrogen) atoms. The Kier molecular flexibility index (Phi) is 7.20. The van der Waals surface area contributed by atoms with E-state index in [-0.39, 0.29) is 46.4 Å². The van der Waals surface area contributed by atoms with E-state index < -0.39 is 17.3 Å². The van der Waals surface area contributed by atoms with Gasteiger partial charge in [-0.15, -0.1) is 0 Å². The number of aromatic nitrogens is 3. The number of anilines is 1. The number of piperazine rings is 1. The van der Waals surface area contributed by atoms with E-state index in [1.165, 1.54) is 28.8 Å². The summed E-state index contributed by atoms with van der Waals surface area (Å²) < 4.78 is 38.5. The van der Waals surface area contributed by atoms with Crippen LogP contribution in [0, 0.1) is 18.6 Å². The van der Waals surface area contributed by atoms with Crippen LogP contribution in [0.5, 0.6) is 5.75 Å². The van der Waals surface area contributed by atoms with Crippen LogP contribution >= 0.6 is 11.6 Å². The Balaban J connectivity index is 1.71. The van der Waals surface area contributed by atoms with Crippen LogP contribution in [0.25, 0.3) is 27.7 Å². The molecule has 1 amide bonds. The number of carbonyl (C=O) groups is 1. The topological polar surface area (TPSA) is 80.6 Å². The highest BCUT2D eigenvalue weighted by Crippen LogP contribution is 2.48. The Bertz CT molecular complexity index is 1890. The van der Waals surface area contributed by atoms with Crippen LogP contribution in [0.15, 0.2) is 47.9 Å². The van der Waals surface area contributed by atoms with Gasteiger partial charge in [0.05, 0.1) is 21.9 Å². The van der Waals surface area contributed by atoms with E-state index in [0.29, 0.717) is 53.3 Å². The second-order valence-corrected chi connectivity index (χ2v) is 11.6. The van der Waals surface area contributed by atoms with E-state index >= 15 is 4.39 Å². The molecule has 2 aromatic heterocycles. The van der Waals surface area contributed by atoms with Crippen molar-refractivity contribution in [2.45, 2.75) is 46.3 Å². The summed E-state index contributed by atoms with van der Waals surface area (Å²) in [6, 6.07) is 5.49. The van der Waals surface area contributed by atoms with Gasteiger partial charge in [-0.2, -0.15) is 4.98 Å². The molecule has 1 fully saturated rings. The van der Waals surface area contributed by atoms with Crippen molar-refractivity contribution in [3.05, 3.63) is 87.1 Å². The fraction of sp³-hybridized carbons (Fsp3) is 0.312. The Morgan fingerprint density at radius 1 is 1.19 bits per heavy atom. The second kappa shape index (κ2) is 10.8. The fourth-order valence-electron chi connectivity index (χ4n) is 6.17. The van der Waals surface area contributed by atoms with Crippen LogP contribution in [-0.2, 0) is 11.4 Å². The predicted molar refractivity (Wildman–Crippen MR) is 162 cm³/mol. The third-order valence-electron chi connectivity index (χ3n) is 8.20. The third kappa shape index (κ3) is 4.55. The molecule has 0 unspecified atom stereocenters. The monoisotopic (exact) mass is 605 g/mol. The lowest BCUT2D eigenvalue weighted by atomic mass is 9.93. The van der Waals surface area contributed by atoms with E-state index in [4.69, 9.17) is 16.3 Å². The highest BCUT2D eigenvalue weighted by Gasteiger charge is 2.34. The maximum absolute atomic E-state index is 16.3. The van der Waals surface area contributed by atoms with Gasteiger partial charge in [0.15, 0.2) is 0 Å². The molecule has 4 heterocycles. The Morgan fingerprint density at radius 3 is 2.65 bits per heavy atom. The highest BCUT2D eigenvalue weighted by atomic mass is 35.5. The molecule has 6 rings (SSSR count). The van der Waals surface area contributed by atoms with Crippen molar-refractivity contribution in [1.82, 2.24) is 19.4 Å². The molecule has 1 saturated heterocycles. The maximum atomic E-state index is 16.3. The number of nitrogens with zero attached hydrogens (tertiary/aromatic N) is 5. The van der Waals surface area contributed by atoms with Crippen LogP contribution in [-0.4, -0.2) is 51.0 Å². The van der Waals surface area contributed by atoms with Gasteiger partial charge in [-0.05, 0) is 55.7 Å². The smallest absolute Gasteiger partial charge is 0.354 e. The quantitative estimate of drug-likeness (QED) is 0.269. The lowest BCUT2D eigenvalue weighted by Crippen LogP contribution is -2.54. The number of benzene rings is 2. The van der Waals surface area contributed by atoms with Gasteiger partial charge in [0.25, 0.3) is 0 Å². The maximum Gasteiger partial charge on any atom is 0.354 e. The van der Waals surface area contributed by atoms with E-state index in [1.807, 2.05) is 32.6 Å². The number of halogens is 3. The molecule has 4 aromatic rings. The molecule has 0 N–H and O–H groups in total. The minimum absolute atomic E-state index is 0.0520. The predicted octanol–water partition coefficient (Wildman–Crippen LogP) is 5.93. The summed E-state index contributed by atoms with van der Waals surface area (Å²) >= 11 is 6.41. The van der Waals surface area contributed by atoms with Crippen molar-refractivity contribution in [2.75, 3.05) is 24.5 Å². The van der Waals surface area contributed by atoms with Gasteiger partial charge in [-0.1, -0.05) is 32.0 Å². The molecule has 1 atom stereocenters. The van der Waals surface area contributed by atoms with Gasteiger partial charge in [-0.25, -0.2) is 13.6 Å². The first-order valence-corrected chi connectivity index (χ1v) is 14.4. The molecule has 11 heteroatoms. The number of pyridine rings is 1. The summed E-state index contributed by atoms with van der Waals surface area (Å²) in [5.74, 6) is -1.06. The summed E-state index contributed by atoms with van der Waals surface area (Å²) in [4.78, 5) is 39.2. The zero-order chi connectivity index (χ0) is 30.7. The molecule has 0 saturated carbocycles. The molecule has 2 aliphatic rings. The van der Waals surface area contributed by atoms with E-state index in [2.05, 4.69) is 16.5 Å². The fourth-order valence-corrected chi connectivity index (χ4v) is 6.43. The van der Waals surface area contributed by atoms with Crippen LogP contribution in [0.1, 0.15) is 43.5 Å². The Labute approximate surface area is 252 Å². The van der Waals surface area contributed by atoms with Gasteiger partial charge in [-0.3, -0.25) is 14.3 Å². The van der Waals surface area contributed by atoms with Gasteiger partial charge in [0.2, 0.25) is 5.91 Å². The molecule has 8 nitrogen and oxygen atoms in total. The van der Waals surface area contributed by atoms with E-state index in [9.17, 15) is 14.0 Å². The van der Waals surface area contributed by atoms with E-state index in [0.717, 1.165) is 5.56 Å². The zero-order valence-corrected chi connectivity index (χ0v) is 25.0. The van der Waals surface area contributed by atoms with Gasteiger partial charge in [0, 0.05) is 53.9 Å². The summed E-state index contributed by atoms with van der Waals surface area (Å²) in [7, 11) is 0. The summed E-state index contributed by atoms with van der Waals surface area (Å²) in [6.45, 7) is 12.3. The number of carbonyl (C=O) groups excluding carboxylic acids is 1. The van der Waals surface area contributed by atoms with Gasteiger partial charge >= 0.3 is 5.69 Å². The largest absolute Gasteiger partial charge is 0.488 e. The van der Waals surface area contributed by atoms with Gasteiger partial charge in [0.1, 0.15) is 29.8 Å². The second-order valence-electron chi connectivity index (χ2n) is 11.2. The van der Waals surface area contributed by atoms with Crippen molar-refractivity contribution < 1.29 is 18.3 Å². The standard InChI is InChI=1S/C32H30ClF2N5O3/c1-6-24(41)38-11-12-39(18(5)14-38)31-19-13-22(35)25-20(15-43-23-8-7-21(34)27(33)26(23)25)30(19)40(32(42)37-31)29-17(4)9-10-36-28(29)16(2)3/h6-10,13,16,18H,1,11-12,14-15H2,2-5H3/t18-/m0/s1. The first-order valence-electron chi connectivity index (χ1n) is 14.1. The van der Waals surface area contributed by atoms with Crippen molar-refractivity contribution in [3.8, 4) is 22.6 Å². The molecule has 2 aromatic carbocycles. The Hall–Kier alpha value is -4.31. The molecule has 0 radical (unpaired) electrons. The number of aryl methyl sites for hydroxylation is 1. The third-order valence-corrected chi connectivity index (χ3v) is 8.57. The molecular weight excluding hydrogens is 576 g/mol. The number of rotatable bonds is 4. The molecule has 2 aliphatic heterocycles. The zero-order valence-electron chi connectivity index (χ0n) is 24.2. The average Bonchev–Trinajstić information content (AvgIpc) is 2.98. The Morgan fingerprint density at radius 2 is 1.95 bits per heavy atom.